The molecule has 32 heavy (non-hydrogen) atoms. The molecule has 0 saturated heterocycles. The van der Waals surface area contributed by atoms with Crippen molar-refractivity contribution in [2.24, 2.45) is 4.99 Å². The van der Waals surface area contributed by atoms with Crippen molar-refractivity contribution in [2.45, 2.75) is 40.3 Å². The van der Waals surface area contributed by atoms with Crippen LogP contribution < -0.4 is 14.9 Å². The van der Waals surface area contributed by atoms with Gasteiger partial charge in [-0.1, -0.05) is 35.1 Å². The first-order valence-corrected chi connectivity index (χ1v) is 11.5. The van der Waals surface area contributed by atoms with E-state index < -0.39 is 12.0 Å². The number of esters is 1. The highest BCUT2D eigenvalue weighted by molar-refractivity contribution is 7.07. The number of aryl methyl sites for hydroxylation is 2. The van der Waals surface area contributed by atoms with Crippen LogP contribution >= 0.6 is 22.9 Å². The van der Waals surface area contributed by atoms with Crippen molar-refractivity contribution in [1.29, 1.82) is 0 Å². The molecule has 2 aromatic heterocycles. The minimum Gasteiger partial charge on any atom is -0.463 e. The zero-order chi connectivity index (χ0) is 23.0. The van der Waals surface area contributed by atoms with Crippen LogP contribution in [0.25, 0.3) is 6.08 Å². The lowest BCUT2D eigenvalue weighted by molar-refractivity contribution is -0.139. The van der Waals surface area contributed by atoms with Crippen molar-refractivity contribution in [3.8, 4) is 0 Å². The molecule has 0 aliphatic carbocycles. The molecule has 1 atom stereocenters. The highest BCUT2D eigenvalue weighted by Gasteiger charge is 2.33. The normalized spacial score (nSPS) is 16.2. The van der Waals surface area contributed by atoms with Crippen molar-refractivity contribution >= 4 is 35.0 Å². The van der Waals surface area contributed by atoms with Crippen LogP contribution in [0.3, 0.4) is 0 Å². The quantitative estimate of drug-likeness (QED) is 0.537. The Morgan fingerprint density at radius 1 is 1.25 bits per heavy atom. The van der Waals surface area contributed by atoms with Gasteiger partial charge in [0.05, 0.1) is 34.1 Å². The second-order valence-corrected chi connectivity index (χ2v) is 8.82. The van der Waals surface area contributed by atoms with Gasteiger partial charge in [-0.3, -0.25) is 14.0 Å². The summed E-state index contributed by atoms with van der Waals surface area (Å²) in [5, 5.41) is 5.02. The van der Waals surface area contributed by atoms with E-state index in [1.54, 1.807) is 30.5 Å². The molecule has 0 N–H and O–H groups in total. The first-order valence-electron chi connectivity index (χ1n) is 10.3. The molecule has 166 valence electrons. The number of hydrogen-bond acceptors (Lipinski definition) is 6. The zero-order valence-electron chi connectivity index (χ0n) is 18.3. The minimum atomic E-state index is -0.649. The Balaban J connectivity index is 1.95. The number of allylic oxidation sites excluding steroid dienone is 1. The summed E-state index contributed by atoms with van der Waals surface area (Å²) in [5.41, 5.74) is 3.15. The molecule has 0 saturated carbocycles. The molecule has 4 rings (SSSR count). The second-order valence-electron chi connectivity index (χ2n) is 7.38. The van der Waals surface area contributed by atoms with E-state index in [1.165, 1.54) is 11.3 Å². The van der Waals surface area contributed by atoms with Crippen molar-refractivity contribution in [1.82, 2.24) is 14.3 Å². The number of fused-ring (bicyclic) bond motifs is 1. The lowest BCUT2D eigenvalue weighted by Gasteiger charge is -2.24. The van der Waals surface area contributed by atoms with Crippen LogP contribution in [0.2, 0.25) is 5.02 Å². The van der Waals surface area contributed by atoms with E-state index in [9.17, 15) is 9.59 Å². The smallest absolute Gasteiger partial charge is 0.338 e. The molecule has 1 aliphatic rings. The number of rotatable bonds is 5. The molecule has 3 heterocycles. The maximum atomic E-state index is 13.5. The van der Waals surface area contributed by atoms with Crippen molar-refractivity contribution in [3.05, 3.63) is 83.3 Å². The van der Waals surface area contributed by atoms with Crippen molar-refractivity contribution in [3.63, 3.8) is 0 Å². The minimum absolute atomic E-state index is 0.216. The molecule has 0 unspecified atom stereocenters. The molecule has 1 aliphatic heterocycles. The summed E-state index contributed by atoms with van der Waals surface area (Å²) in [6.07, 6.45) is 3.75. The lowest BCUT2D eigenvalue weighted by Crippen LogP contribution is -2.39. The third-order valence-electron chi connectivity index (χ3n) is 5.30. The first-order chi connectivity index (χ1) is 15.3. The summed E-state index contributed by atoms with van der Waals surface area (Å²) in [7, 11) is 0. The zero-order valence-corrected chi connectivity index (χ0v) is 19.8. The molecule has 1 aromatic carbocycles. The number of carbonyl (C=O) groups excluding carboxylic acids is 1. The van der Waals surface area contributed by atoms with E-state index in [-0.39, 0.29) is 12.2 Å². The van der Waals surface area contributed by atoms with Gasteiger partial charge in [0.2, 0.25) is 0 Å². The molecule has 0 spiro atoms. The fourth-order valence-corrected chi connectivity index (χ4v) is 4.89. The molecule has 0 radical (unpaired) electrons. The standard InChI is InChI=1S/C23H23ClN4O3S/c1-5-27-12-16(13(3)26-27)11-18-21(29)28-20(15-7-9-17(24)10-8-15)19(22(30)31-6-2)14(4)25-23(28)32-18/h7-12,20H,5-6H2,1-4H3/t20-/m0/s1. The average Bonchev–Trinajstić information content (AvgIpc) is 3.27. The largest absolute Gasteiger partial charge is 0.463 e. The third-order valence-corrected chi connectivity index (χ3v) is 6.53. The number of aromatic nitrogens is 3. The van der Waals surface area contributed by atoms with Crippen LogP contribution in [0.5, 0.6) is 0 Å². The van der Waals surface area contributed by atoms with Gasteiger partial charge in [-0.15, -0.1) is 0 Å². The van der Waals surface area contributed by atoms with Gasteiger partial charge in [-0.25, -0.2) is 9.79 Å². The van der Waals surface area contributed by atoms with Crippen molar-refractivity contribution < 1.29 is 9.53 Å². The highest BCUT2D eigenvalue weighted by atomic mass is 35.5. The van der Waals surface area contributed by atoms with Gasteiger partial charge < -0.3 is 4.74 Å². The van der Waals surface area contributed by atoms with E-state index in [4.69, 9.17) is 16.3 Å². The van der Waals surface area contributed by atoms with Gasteiger partial charge in [0.15, 0.2) is 4.80 Å². The monoisotopic (exact) mass is 470 g/mol. The van der Waals surface area contributed by atoms with Crippen LogP contribution in [0.4, 0.5) is 0 Å². The summed E-state index contributed by atoms with van der Waals surface area (Å²) >= 11 is 7.37. The van der Waals surface area contributed by atoms with Crippen LogP contribution in [0.15, 0.2) is 51.5 Å². The number of ether oxygens (including phenoxy) is 1. The Bertz CT molecular complexity index is 1400. The topological polar surface area (TPSA) is 78.5 Å². The SMILES string of the molecule is CCOC(=O)C1=C(C)N=c2sc(=Cc3cn(CC)nc3C)c(=O)n2[C@H]1c1ccc(Cl)cc1. The second kappa shape index (κ2) is 8.88. The fraction of sp³-hybridized carbons (Fsp3) is 0.304. The third kappa shape index (κ3) is 3.96. The Hall–Kier alpha value is -2.97. The molecular weight excluding hydrogens is 448 g/mol. The van der Waals surface area contributed by atoms with Gasteiger partial charge in [-0.2, -0.15) is 5.10 Å². The molecule has 7 nitrogen and oxygen atoms in total. The fourth-order valence-electron chi connectivity index (χ4n) is 3.73. The summed E-state index contributed by atoms with van der Waals surface area (Å²) in [5.74, 6) is -0.483. The van der Waals surface area contributed by atoms with Gasteiger partial charge in [-0.05, 0) is 51.5 Å². The molecular formula is C23H23ClN4O3S. The number of carbonyl (C=O) groups is 1. The average molecular weight is 471 g/mol. The van der Waals surface area contributed by atoms with Gasteiger partial charge >= 0.3 is 5.97 Å². The summed E-state index contributed by atoms with van der Waals surface area (Å²) in [6.45, 7) is 8.41. The number of hydrogen-bond donors (Lipinski definition) is 0. The van der Waals surface area contributed by atoms with Crippen LogP contribution in [0.1, 0.15) is 43.6 Å². The van der Waals surface area contributed by atoms with E-state index >= 15 is 0 Å². The predicted octanol–water partition coefficient (Wildman–Crippen LogP) is 2.98. The maximum Gasteiger partial charge on any atom is 0.338 e. The number of halogens is 1. The van der Waals surface area contributed by atoms with E-state index in [0.29, 0.717) is 25.6 Å². The molecule has 0 bridgehead atoms. The van der Waals surface area contributed by atoms with Gasteiger partial charge in [0.1, 0.15) is 0 Å². The number of nitrogens with zero attached hydrogens (tertiary/aromatic N) is 4. The van der Waals surface area contributed by atoms with Crippen LogP contribution in [-0.2, 0) is 16.1 Å². The summed E-state index contributed by atoms with van der Waals surface area (Å²) in [6, 6.07) is 6.47. The number of thiazole rings is 1. The lowest BCUT2D eigenvalue weighted by atomic mass is 9.96. The van der Waals surface area contributed by atoms with E-state index in [2.05, 4.69) is 10.1 Å². The molecule has 9 heteroatoms. The van der Waals surface area contributed by atoms with Gasteiger partial charge in [0.25, 0.3) is 5.56 Å². The summed E-state index contributed by atoms with van der Waals surface area (Å²) in [4.78, 5) is 31.5. The Kier molecular flexibility index (Phi) is 6.17. The molecule has 0 fully saturated rings. The first kappa shape index (κ1) is 22.2. The highest BCUT2D eigenvalue weighted by Crippen LogP contribution is 2.31. The van der Waals surface area contributed by atoms with Crippen molar-refractivity contribution in [2.75, 3.05) is 6.61 Å². The number of benzene rings is 1. The van der Waals surface area contributed by atoms with Crippen LogP contribution in [-0.4, -0.2) is 26.9 Å². The van der Waals surface area contributed by atoms with Crippen LogP contribution in [0, 0.1) is 6.92 Å². The predicted molar refractivity (Wildman–Crippen MR) is 124 cm³/mol. The maximum absolute atomic E-state index is 13.5. The van der Waals surface area contributed by atoms with E-state index in [0.717, 1.165) is 23.4 Å². The Morgan fingerprint density at radius 3 is 2.59 bits per heavy atom. The van der Waals surface area contributed by atoms with E-state index in [1.807, 2.05) is 42.9 Å². The molecule has 0 amide bonds. The molecule has 3 aromatic rings. The summed E-state index contributed by atoms with van der Waals surface area (Å²) < 4.78 is 9.23. The van der Waals surface area contributed by atoms with Gasteiger partial charge in [0, 0.05) is 23.3 Å². The Morgan fingerprint density at radius 2 is 1.97 bits per heavy atom. The Labute approximate surface area is 193 Å².